The van der Waals surface area contributed by atoms with Crippen molar-refractivity contribution in [3.63, 3.8) is 0 Å². The minimum atomic E-state index is 0.207. The lowest BCUT2D eigenvalue weighted by Crippen LogP contribution is -1.89. The lowest BCUT2D eigenvalue weighted by molar-refractivity contribution is 0.281. The van der Waals surface area contributed by atoms with Crippen LogP contribution in [0.15, 0.2) is 28.8 Å². The van der Waals surface area contributed by atoms with Crippen LogP contribution in [0.1, 0.15) is 24.3 Å². The molecular formula is C13H16N2O2. The number of nitrogens with zero attached hydrogens (tertiary/aromatic N) is 2. The van der Waals surface area contributed by atoms with Gasteiger partial charge in [0, 0.05) is 18.6 Å². The van der Waals surface area contributed by atoms with Crippen molar-refractivity contribution in [3.05, 3.63) is 35.7 Å². The average molecular weight is 232 g/mol. The molecule has 0 bridgehead atoms. The molecule has 90 valence electrons. The lowest BCUT2D eigenvalue weighted by Gasteiger charge is -1.97. The van der Waals surface area contributed by atoms with Crippen molar-refractivity contribution in [3.8, 4) is 11.4 Å². The van der Waals surface area contributed by atoms with Gasteiger partial charge in [-0.2, -0.15) is 4.98 Å². The molecule has 2 aromatic rings. The molecule has 0 saturated carbocycles. The SMILES string of the molecule is Cc1ccccc1-c1noc(CCCCO)n1. The molecule has 0 aliphatic rings. The Labute approximate surface area is 100 Å². The Hall–Kier alpha value is -1.68. The third-order valence-corrected chi connectivity index (χ3v) is 2.65. The summed E-state index contributed by atoms with van der Waals surface area (Å²) in [5, 5.41) is 12.7. The smallest absolute Gasteiger partial charge is 0.226 e. The number of hydrogen-bond acceptors (Lipinski definition) is 4. The van der Waals surface area contributed by atoms with Crippen molar-refractivity contribution in [1.82, 2.24) is 10.1 Å². The summed E-state index contributed by atoms with van der Waals surface area (Å²) in [6, 6.07) is 7.96. The van der Waals surface area contributed by atoms with Crippen molar-refractivity contribution < 1.29 is 9.63 Å². The zero-order valence-electron chi connectivity index (χ0n) is 9.89. The number of aliphatic hydroxyl groups excluding tert-OH is 1. The highest BCUT2D eigenvalue weighted by molar-refractivity contribution is 5.58. The maximum Gasteiger partial charge on any atom is 0.226 e. The maximum absolute atomic E-state index is 8.70. The van der Waals surface area contributed by atoms with Gasteiger partial charge in [0.25, 0.3) is 0 Å². The molecular weight excluding hydrogens is 216 g/mol. The standard InChI is InChI=1S/C13H16N2O2/c1-10-6-2-3-7-11(10)13-14-12(17-15-13)8-4-5-9-16/h2-3,6-7,16H,4-5,8-9H2,1H3. The maximum atomic E-state index is 8.70. The van der Waals surface area contributed by atoms with Crippen molar-refractivity contribution in [2.45, 2.75) is 26.2 Å². The molecule has 0 aliphatic carbocycles. The second-order valence-electron chi connectivity index (χ2n) is 4.01. The number of benzene rings is 1. The fourth-order valence-corrected chi connectivity index (χ4v) is 1.68. The van der Waals surface area contributed by atoms with Crippen LogP contribution in [0, 0.1) is 6.92 Å². The second kappa shape index (κ2) is 5.59. The summed E-state index contributed by atoms with van der Waals surface area (Å²) in [5.74, 6) is 1.28. The van der Waals surface area contributed by atoms with Gasteiger partial charge in [-0.3, -0.25) is 0 Å². The molecule has 4 nitrogen and oxygen atoms in total. The summed E-state index contributed by atoms with van der Waals surface area (Å²) in [4.78, 5) is 4.35. The summed E-state index contributed by atoms with van der Waals surface area (Å²) < 4.78 is 5.18. The molecule has 0 fully saturated rings. The number of rotatable bonds is 5. The molecule has 0 saturated heterocycles. The van der Waals surface area contributed by atoms with E-state index in [0.29, 0.717) is 11.7 Å². The van der Waals surface area contributed by atoms with Crippen LogP contribution in [0.3, 0.4) is 0 Å². The van der Waals surface area contributed by atoms with Crippen molar-refractivity contribution in [2.75, 3.05) is 6.61 Å². The van der Waals surface area contributed by atoms with Crippen LogP contribution in [-0.2, 0) is 6.42 Å². The number of aromatic nitrogens is 2. The molecule has 1 heterocycles. The molecule has 2 rings (SSSR count). The zero-order valence-corrected chi connectivity index (χ0v) is 9.89. The third kappa shape index (κ3) is 2.91. The van der Waals surface area contributed by atoms with Gasteiger partial charge >= 0.3 is 0 Å². The molecule has 4 heteroatoms. The number of unbranched alkanes of at least 4 members (excludes halogenated alkanes) is 1. The Kier molecular flexibility index (Phi) is 3.88. The van der Waals surface area contributed by atoms with Crippen LogP contribution in [0.25, 0.3) is 11.4 Å². The van der Waals surface area contributed by atoms with Crippen molar-refractivity contribution in [1.29, 1.82) is 0 Å². The molecule has 1 aromatic heterocycles. The van der Waals surface area contributed by atoms with Gasteiger partial charge in [0.05, 0.1) is 0 Å². The van der Waals surface area contributed by atoms with Gasteiger partial charge in [-0.15, -0.1) is 0 Å². The van der Waals surface area contributed by atoms with Crippen LogP contribution < -0.4 is 0 Å². The fourth-order valence-electron chi connectivity index (χ4n) is 1.68. The van der Waals surface area contributed by atoms with E-state index in [4.69, 9.17) is 9.63 Å². The predicted molar refractivity (Wildman–Crippen MR) is 64.5 cm³/mol. The number of aliphatic hydroxyl groups is 1. The summed E-state index contributed by atoms with van der Waals surface area (Å²) in [5.41, 5.74) is 2.14. The topological polar surface area (TPSA) is 59.2 Å². The van der Waals surface area contributed by atoms with Gasteiger partial charge in [0.15, 0.2) is 0 Å². The molecule has 0 unspecified atom stereocenters. The normalized spacial score (nSPS) is 10.7. The Bertz CT molecular complexity index is 480. The summed E-state index contributed by atoms with van der Waals surface area (Å²) in [6.45, 7) is 2.23. The van der Waals surface area contributed by atoms with Gasteiger partial charge in [-0.1, -0.05) is 29.4 Å². The van der Waals surface area contributed by atoms with E-state index in [1.807, 2.05) is 31.2 Å². The molecule has 0 radical (unpaired) electrons. The monoisotopic (exact) mass is 232 g/mol. The first kappa shape index (κ1) is 11.8. The van der Waals surface area contributed by atoms with Crippen LogP contribution in [-0.4, -0.2) is 21.9 Å². The van der Waals surface area contributed by atoms with Crippen LogP contribution in [0.2, 0.25) is 0 Å². The van der Waals surface area contributed by atoms with E-state index in [9.17, 15) is 0 Å². The Morgan fingerprint density at radius 3 is 2.82 bits per heavy atom. The highest BCUT2D eigenvalue weighted by Gasteiger charge is 2.09. The van der Waals surface area contributed by atoms with Gasteiger partial charge in [-0.25, -0.2) is 0 Å². The highest BCUT2D eigenvalue weighted by atomic mass is 16.5. The van der Waals surface area contributed by atoms with Crippen LogP contribution in [0.4, 0.5) is 0 Å². The number of aryl methyl sites for hydroxylation is 2. The zero-order chi connectivity index (χ0) is 12.1. The first-order chi connectivity index (χ1) is 8.31. The van der Waals surface area contributed by atoms with Gasteiger partial charge in [-0.05, 0) is 25.3 Å². The Balaban J connectivity index is 2.10. The highest BCUT2D eigenvalue weighted by Crippen LogP contribution is 2.20. The van der Waals surface area contributed by atoms with Crippen LogP contribution >= 0.6 is 0 Å². The first-order valence-electron chi connectivity index (χ1n) is 5.80. The fraction of sp³-hybridized carbons (Fsp3) is 0.385. The molecule has 1 N–H and O–H groups in total. The Morgan fingerprint density at radius 1 is 1.24 bits per heavy atom. The van der Waals surface area contributed by atoms with Crippen molar-refractivity contribution >= 4 is 0 Å². The molecule has 0 amide bonds. The third-order valence-electron chi connectivity index (χ3n) is 2.65. The summed E-state index contributed by atoms with van der Waals surface area (Å²) in [7, 11) is 0. The summed E-state index contributed by atoms with van der Waals surface area (Å²) >= 11 is 0. The largest absolute Gasteiger partial charge is 0.396 e. The van der Waals surface area contributed by atoms with E-state index in [-0.39, 0.29) is 6.61 Å². The van der Waals surface area contributed by atoms with Gasteiger partial charge in [0.1, 0.15) is 0 Å². The number of hydrogen-bond donors (Lipinski definition) is 1. The molecule has 17 heavy (non-hydrogen) atoms. The second-order valence-corrected chi connectivity index (χ2v) is 4.01. The predicted octanol–water partition coefficient (Wildman–Crippen LogP) is 2.36. The van der Waals surface area contributed by atoms with E-state index in [1.165, 1.54) is 0 Å². The molecule has 0 aliphatic heterocycles. The molecule has 0 spiro atoms. The summed E-state index contributed by atoms with van der Waals surface area (Å²) in [6.07, 6.45) is 2.35. The molecule has 0 atom stereocenters. The first-order valence-corrected chi connectivity index (χ1v) is 5.80. The van der Waals surface area contributed by atoms with Crippen LogP contribution in [0.5, 0.6) is 0 Å². The van der Waals surface area contributed by atoms with E-state index in [1.54, 1.807) is 0 Å². The minimum absolute atomic E-state index is 0.207. The minimum Gasteiger partial charge on any atom is -0.396 e. The van der Waals surface area contributed by atoms with Crippen molar-refractivity contribution in [2.24, 2.45) is 0 Å². The van der Waals surface area contributed by atoms with E-state index in [0.717, 1.165) is 30.4 Å². The van der Waals surface area contributed by atoms with Gasteiger partial charge < -0.3 is 9.63 Å². The van der Waals surface area contributed by atoms with E-state index < -0.39 is 0 Å². The van der Waals surface area contributed by atoms with E-state index >= 15 is 0 Å². The Morgan fingerprint density at radius 2 is 2.06 bits per heavy atom. The quantitative estimate of drug-likeness (QED) is 0.804. The average Bonchev–Trinajstić information content (AvgIpc) is 2.79. The van der Waals surface area contributed by atoms with Gasteiger partial charge in [0.2, 0.25) is 11.7 Å². The molecule has 1 aromatic carbocycles. The van der Waals surface area contributed by atoms with E-state index in [2.05, 4.69) is 10.1 Å². The lowest BCUT2D eigenvalue weighted by atomic mass is 10.1.